The van der Waals surface area contributed by atoms with Crippen molar-refractivity contribution in [2.75, 3.05) is 25.0 Å². The summed E-state index contributed by atoms with van der Waals surface area (Å²) in [7, 11) is 0. The number of hydrogen-bond donors (Lipinski definition) is 1. The summed E-state index contributed by atoms with van der Waals surface area (Å²) in [6.45, 7) is 7.15. The van der Waals surface area contributed by atoms with Crippen molar-refractivity contribution < 1.29 is 9.32 Å². The highest BCUT2D eigenvalue weighted by molar-refractivity contribution is 5.91. The van der Waals surface area contributed by atoms with Crippen LogP contribution in [0.25, 0.3) is 0 Å². The lowest BCUT2D eigenvalue weighted by Crippen LogP contribution is -2.40. The largest absolute Gasteiger partial charge is 0.360 e. The molecule has 0 aromatic carbocycles. The van der Waals surface area contributed by atoms with Crippen LogP contribution in [0.5, 0.6) is 0 Å². The van der Waals surface area contributed by atoms with Crippen LogP contribution < -0.4 is 5.32 Å². The van der Waals surface area contributed by atoms with Crippen LogP contribution in [-0.4, -0.2) is 45.1 Å². The third-order valence-electron chi connectivity index (χ3n) is 4.35. The lowest BCUT2D eigenvalue weighted by molar-refractivity contribution is -0.117. The summed E-state index contributed by atoms with van der Waals surface area (Å²) in [6, 6.07) is 1.72. The topological polar surface area (TPSA) is 76.2 Å². The molecule has 1 amide bonds. The van der Waals surface area contributed by atoms with E-state index in [2.05, 4.69) is 24.9 Å². The summed E-state index contributed by atoms with van der Waals surface area (Å²) in [5.41, 5.74) is 0. The molecule has 0 bridgehead atoms. The summed E-state index contributed by atoms with van der Waals surface area (Å²) in [5.74, 6) is 2.85. The van der Waals surface area contributed by atoms with Gasteiger partial charge in [-0.3, -0.25) is 9.69 Å². The minimum atomic E-state index is -0.0396. The molecule has 23 heavy (non-hydrogen) atoms. The van der Waals surface area contributed by atoms with E-state index in [4.69, 9.17) is 4.52 Å². The number of nitrogens with zero attached hydrogens (tertiary/aromatic N) is 4. The minimum Gasteiger partial charge on any atom is -0.360 e. The Bertz CT molecular complexity index is 655. The number of imidazole rings is 1. The lowest BCUT2D eigenvalue weighted by atomic mass is 9.96. The number of piperidine rings is 1. The van der Waals surface area contributed by atoms with Crippen molar-refractivity contribution in [3.63, 3.8) is 0 Å². The van der Waals surface area contributed by atoms with Gasteiger partial charge in [-0.2, -0.15) is 0 Å². The van der Waals surface area contributed by atoms with Gasteiger partial charge < -0.3 is 14.4 Å². The zero-order valence-corrected chi connectivity index (χ0v) is 13.7. The first-order valence-corrected chi connectivity index (χ1v) is 8.03. The van der Waals surface area contributed by atoms with Crippen LogP contribution in [0, 0.1) is 19.8 Å². The van der Waals surface area contributed by atoms with Gasteiger partial charge in [0.2, 0.25) is 5.91 Å². The molecule has 0 unspecified atom stereocenters. The molecule has 2 aromatic heterocycles. The Morgan fingerprint density at radius 3 is 2.78 bits per heavy atom. The Labute approximate surface area is 135 Å². The smallest absolute Gasteiger partial charge is 0.239 e. The second-order valence-corrected chi connectivity index (χ2v) is 6.22. The van der Waals surface area contributed by atoms with E-state index < -0.39 is 0 Å². The lowest BCUT2D eigenvalue weighted by Gasteiger charge is -2.31. The number of nitrogens with one attached hydrogen (secondary N) is 1. The minimum absolute atomic E-state index is 0.0396. The number of rotatable bonds is 5. The maximum Gasteiger partial charge on any atom is 0.239 e. The molecule has 2 aromatic rings. The molecule has 124 valence electrons. The Balaban J connectivity index is 1.42. The average Bonchev–Trinajstić information content (AvgIpc) is 3.10. The number of likely N-dealkylation sites (tertiary alicyclic amines) is 1. The summed E-state index contributed by atoms with van der Waals surface area (Å²) in [5, 5.41) is 6.54. The molecule has 3 heterocycles. The van der Waals surface area contributed by atoms with E-state index in [1.807, 2.05) is 19.3 Å². The number of amides is 1. The van der Waals surface area contributed by atoms with Crippen LogP contribution in [-0.2, 0) is 11.3 Å². The summed E-state index contributed by atoms with van der Waals surface area (Å²) in [4.78, 5) is 18.5. The van der Waals surface area contributed by atoms with Gasteiger partial charge in [0.05, 0.1) is 6.54 Å². The van der Waals surface area contributed by atoms with Crippen molar-refractivity contribution in [1.82, 2.24) is 19.6 Å². The molecule has 1 saturated heterocycles. The molecule has 0 saturated carbocycles. The quantitative estimate of drug-likeness (QED) is 0.910. The monoisotopic (exact) mass is 317 g/mol. The molecule has 0 atom stereocenters. The van der Waals surface area contributed by atoms with Crippen molar-refractivity contribution in [1.29, 1.82) is 0 Å². The summed E-state index contributed by atoms with van der Waals surface area (Å²) < 4.78 is 7.15. The van der Waals surface area contributed by atoms with Gasteiger partial charge in [-0.15, -0.1) is 0 Å². The molecule has 1 fully saturated rings. The fraction of sp³-hybridized carbons (Fsp3) is 0.562. The Morgan fingerprint density at radius 1 is 1.39 bits per heavy atom. The van der Waals surface area contributed by atoms with Gasteiger partial charge in [0, 0.05) is 25.0 Å². The van der Waals surface area contributed by atoms with E-state index in [1.165, 1.54) is 0 Å². The Hall–Kier alpha value is -2.15. The predicted molar refractivity (Wildman–Crippen MR) is 86.0 cm³/mol. The first-order valence-electron chi connectivity index (χ1n) is 8.03. The van der Waals surface area contributed by atoms with Crippen molar-refractivity contribution in [2.45, 2.75) is 33.2 Å². The maximum atomic E-state index is 12.0. The first kappa shape index (κ1) is 15.7. The van der Waals surface area contributed by atoms with Crippen molar-refractivity contribution in [3.8, 4) is 0 Å². The predicted octanol–water partition coefficient (Wildman–Crippen LogP) is 1.84. The van der Waals surface area contributed by atoms with Gasteiger partial charge in [0.15, 0.2) is 5.82 Å². The van der Waals surface area contributed by atoms with Gasteiger partial charge in [0.25, 0.3) is 0 Å². The molecular formula is C16H23N5O2. The number of aromatic nitrogens is 3. The summed E-state index contributed by atoms with van der Waals surface area (Å²) in [6.07, 6.45) is 6.09. The standard InChI is InChI=1S/C16H23N5O2/c1-12-9-15(19-23-12)18-16(22)11-20-6-3-14(4-7-20)10-21-8-5-17-13(21)2/h5,8-9,14H,3-4,6-7,10-11H2,1-2H3,(H,18,19,22). The highest BCUT2D eigenvalue weighted by Gasteiger charge is 2.21. The number of hydrogen-bond acceptors (Lipinski definition) is 5. The van der Waals surface area contributed by atoms with Gasteiger partial charge in [-0.1, -0.05) is 5.16 Å². The van der Waals surface area contributed by atoms with E-state index in [1.54, 1.807) is 13.0 Å². The molecule has 7 heteroatoms. The van der Waals surface area contributed by atoms with Crippen LogP contribution >= 0.6 is 0 Å². The van der Waals surface area contributed by atoms with Crippen molar-refractivity contribution in [3.05, 3.63) is 30.0 Å². The third kappa shape index (κ3) is 4.19. The molecule has 1 aliphatic heterocycles. The zero-order chi connectivity index (χ0) is 16.2. The normalized spacial score (nSPS) is 16.6. The van der Waals surface area contributed by atoms with E-state index in [9.17, 15) is 4.79 Å². The fourth-order valence-electron chi connectivity index (χ4n) is 3.01. The third-order valence-corrected chi connectivity index (χ3v) is 4.35. The molecule has 1 aliphatic rings. The second kappa shape index (κ2) is 6.95. The van der Waals surface area contributed by atoms with E-state index in [0.29, 0.717) is 24.0 Å². The van der Waals surface area contributed by atoms with Gasteiger partial charge in [0.1, 0.15) is 11.6 Å². The molecule has 7 nitrogen and oxygen atoms in total. The van der Waals surface area contributed by atoms with Gasteiger partial charge >= 0.3 is 0 Å². The molecular weight excluding hydrogens is 294 g/mol. The van der Waals surface area contributed by atoms with E-state index in [-0.39, 0.29) is 5.91 Å². The molecule has 0 aliphatic carbocycles. The van der Waals surface area contributed by atoms with Gasteiger partial charge in [-0.05, 0) is 45.7 Å². The number of carbonyl (C=O) groups excluding carboxylic acids is 1. The highest BCUT2D eigenvalue weighted by Crippen LogP contribution is 2.19. The Kier molecular flexibility index (Phi) is 4.76. The Morgan fingerprint density at radius 2 is 2.17 bits per heavy atom. The maximum absolute atomic E-state index is 12.0. The van der Waals surface area contributed by atoms with Gasteiger partial charge in [-0.25, -0.2) is 4.98 Å². The van der Waals surface area contributed by atoms with Crippen molar-refractivity contribution in [2.24, 2.45) is 5.92 Å². The number of carbonyl (C=O) groups is 1. The van der Waals surface area contributed by atoms with Crippen LogP contribution in [0.1, 0.15) is 24.4 Å². The van der Waals surface area contributed by atoms with Crippen LogP contribution in [0.15, 0.2) is 23.0 Å². The molecule has 0 spiro atoms. The zero-order valence-electron chi connectivity index (χ0n) is 13.7. The molecule has 1 N–H and O–H groups in total. The first-order chi connectivity index (χ1) is 11.1. The SMILES string of the molecule is Cc1cc(NC(=O)CN2CCC(Cn3ccnc3C)CC2)no1. The highest BCUT2D eigenvalue weighted by atomic mass is 16.5. The fourth-order valence-corrected chi connectivity index (χ4v) is 3.01. The van der Waals surface area contributed by atoms with E-state index in [0.717, 1.165) is 38.3 Å². The number of anilines is 1. The average molecular weight is 317 g/mol. The summed E-state index contributed by atoms with van der Waals surface area (Å²) >= 11 is 0. The molecule has 3 rings (SSSR count). The van der Waals surface area contributed by atoms with E-state index >= 15 is 0 Å². The van der Waals surface area contributed by atoms with Crippen LogP contribution in [0.3, 0.4) is 0 Å². The number of aryl methyl sites for hydroxylation is 2. The van der Waals surface area contributed by atoms with Crippen molar-refractivity contribution >= 4 is 11.7 Å². The van der Waals surface area contributed by atoms with Crippen LogP contribution in [0.4, 0.5) is 5.82 Å². The van der Waals surface area contributed by atoms with Crippen LogP contribution in [0.2, 0.25) is 0 Å². The second-order valence-electron chi connectivity index (χ2n) is 6.22. The molecule has 0 radical (unpaired) electrons.